The van der Waals surface area contributed by atoms with Crippen LogP contribution in [0.2, 0.25) is 0 Å². The van der Waals surface area contributed by atoms with Crippen molar-refractivity contribution in [2.24, 2.45) is 10.9 Å². The molecule has 0 spiro atoms. The lowest BCUT2D eigenvalue weighted by Crippen LogP contribution is -2.40. The summed E-state index contributed by atoms with van der Waals surface area (Å²) in [5.41, 5.74) is 0. The molecule has 1 fully saturated rings. The molecule has 1 unspecified atom stereocenters. The lowest BCUT2D eigenvalue weighted by molar-refractivity contribution is 0.184. The predicted octanol–water partition coefficient (Wildman–Crippen LogP) is 3.13. The van der Waals surface area contributed by atoms with Gasteiger partial charge in [0.15, 0.2) is 5.96 Å². The van der Waals surface area contributed by atoms with E-state index in [-0.39, 0.29) is 24.0 Å². The Morgan fingerprint density at radius 3 is 2.82 bits per heavy atom. The molecule has 1 aromatic heterocycles. The predicted molar refractivity (Wildman–Crippen MR) is 104 cm³/mol. The monoisotopic (exact) mass is 431 g/mol. The Kier molecular flexibility index (Phi) is 6.46. The van der Waals surface area contributed by atoms with E-state index in [2.05, 4.69) is 33.8 Å². The number of nitrogens with zero attached hydrogens (tertiary/aromatic N) is 1. The summed E-state index contributed by atoms with van der Waals surface area (Å²) in [6, 6.07) is 10.3. The highest BCUT2D eigenvalue weighted by molar-refractivity contribution is 14.0. The van der Waals surface area contributed by atoms with E-state index in [1.807, 2.05) is 12.1 Å². The van der Waals surface area contributed by atoms with Gasteiger partial charge in [-0.2, -0.15) is 0 Å². The van der Waals surface area contributed by atoms with Crippen LogP contribution in [0.4, 0.5) is 0 Å². The minimum absolute atomic E-state index is 0. The minimum Gasteiger partial charge on any atom is -0.386 e. The second-order valence-electron chi connectivity index (χ2n) is 5.48. The van der Waals surface area contributed by atoms with E-state index in [0.29, 0.717) is 6.54 Å². The number of halogens is 1. The number of hydrogen-bond donors (Lipinski definition) is 3. The number of hydrogen-bond acceptors (Lipinski definition) is 3. The van der Waals surface area contributed by atoms with Crippen molar-refractivity contribution in [3.8, 4) is 0 Å². The Hall–Kier alpha value is -0.860. The van der Waals surface area contributed by atoms with Gasteiger partial charge >= 0.3 is 0 Å². The lowest BCUT2D eigenvalue weighted by atomic mass is 10.2. The molecule has 0 radical (unpaired) electrons. The van der Waals surface area contributed by atoms with Crippen LogP contribution in [-0.4, -0.2) is 31.2 Å². The van der Waals surface area contributed by atoms with Crippen LogP contribution in [0.25, 0.3) is 10.1 Å². The largest absolute Gasteiger partial charge is 0.386 e. The number of guanidine groups is 1. The van der Waals surface area contributed by atoms with Gasteiger partial charge in [-0.25, -0.2) is 0 Å². The van der Waals surface area contributed by atoms with Crippen LogP contribution in [-0.2, 0) is 0 Å². The fourth-order valence-electron chi connectivity index (χ4n) is 2.24. The molecule has 22 heavy (non-hydrogen) atoms. The first-order valence-corrected chi connectivity index (χ1v) is 8.19. The SMILES string of the molecule is CN=C(NCC1CC1)NCC(O)c1cc2ccccc2s1.I. The van der Waals surface area contributed by atoms with E-state index in [9.17, 15) is 5.11 Å². The number of aliphatic hydroxyl groups excluding tert-OH is 1. The van der Waals surface area contributed by atoms with Crippen LogP contribution in [0.1, 0.15) is 23.8 Å². The highest BCUT2D eigenvalue weighted by atomic mass is 127. The summed E-state index contributed by atoms with van der Waals surface area (Å²) >= 11 is 1.64. The molecule has 0 bridgehead atoms. The highest BCUT2D eigenvalue weighted by Crippen LogP contribution is 2.29. The van der Waals surface area contributed by atoms with Crippen molar-refractivity contribution in [1.29, 1.82) is 0 Å². The van der Waals surface area contributed by atoms with Crippen LogP contribution in [0.5, 0.6) is 0 Å². The molecule has 6 heteroatoms. The fourth-order valence-corrected chi connectivity index (χ4v) is 3.29. The maximum atomic E-state index is 10.3. The summed E-state index contributed by atoms with van der Waals surface area (Å²) in [6.45, 7) is 1.44. The van der Waals surface area contributed by atoms with E-state index in [1.54, 1.807) is 18.4 Å². The first-order chi connectivity index (χ1) is 10.3. The second kappa shape index (κ2) is 8.12. The first-order valence-electron chi connectivity index (χ1n) is 7.37. The fraction of sp³-hybridized carbons (Fsp3) is 0.438. The van der Waals surface area contributed by atoms with Gasteiger partial charge in [-0.1, -0.05) is 18.2 Å². The molecule has 0 amide bonds. The van der Waals surface area contributed by atoms with E-state index in [0.717, 1.165) is 23.3 Å². The average molecular weight is 431 g/mol. The Bertz CT molecular complexity index is 606. The van der Waals surface area contributed by atoms with Gasteiger partial charge in [-0.15, -0.1) is 35.3 Å². The van der Waals surface area contributed by atoms with Gasteiger partial charge in [-0.05, 0) is 36.3 Å². The Morgan fingerprint density at radius 2 is 2.14 bits per heavy atom. The van der Waals surface area contributed by atoms with Crippen molar-refractivity contribution in [3.63, 3.8) is 0 Å². The molecule has 4 nitrogen and oxygen atoms in total. The van der Waals surface area contributed by atoms with Crippen LogP contribution >= 0.6 is 35.3 Å². The van der Waals surface area contributed by atoms with Gasteiger partial charge in [0.05, 0.1) is 0 Å². The summed E-state index contributed by atoms with van der Waals surface area (Å²) in [6.07, 6.45) is 2.12. The maximum Gasteiger partial charge on any atom is 0.191 e. The van der Waals surface area contributed by atoms with Crippen molar-refractivity contribution in [2.45, 2.75) is 18.9 Å². The number of rotatable bonds is 5. The molecule has 1 saturated carbocycles. The molecule has 1 aromatic carbocycles. The molecule has 120 valence electrons. The number of fused-ring (bicyclic) bond motifs is 1. The zero-order valence-electron chi connectivity index (χ0n) is 12.6. The molecule has 2 aromatic rings. The van der Waals surface area contributed by atoms with Gasteiger partial charge in [0, 0.05) is 29.7 Å². The molecule has 1 atom stereocenters. The highest BCUT2D eigenvalue weighted by Gasteiger charge is 2.21. The van der Waals surface area contributed by atoms with Crippen molar-refractivity contribution in [2.75, 3.05) is 20.1 Å². The molecule has 0 saturated heterocycles. The zero-order chi connectivity index (χ0) is 14.7. The Labute approximate surface area is 152 Å². The van der Waals surface area contributed by atoms with Gasteiger partial charge in [0.25, 0.3) is 0 Å². The quantitative estimate of drug-likeness (QED) is 0.388. The van der Waals surface area contributed by atoms with E-state index >= 15 is 0 Å². The van der Waals surface area contributed by atoms with Crippen molar-refractivity contribution >= 4 is 51.4 Å². The van der Waals surface area contributed by atoms with Crippen LogP contribution in [0.15, 0.2) is 35.3 Å². The normalized spacial score (nSPS) is 16.2. The van der Waals surface area contributed by atoms with Gasteiger partial charge in [-0.3, -0.25) is 4.99 Å². The summed E-state index contributed by atoms with van der Waals surface area (Å²) in [5.74, 6) is 1.57. The minimum atomic E-state index is -0.512. The molecule has 1 aliphatic carbocycles. The standard InChI is InChI=1S/C16H21N3OS.HI/c1-17-16(18-9-11-6-7-11)19-10-13(20)15-8-12-4-2-3-5-14(12)21-15;/h2-5,8,11,13,20H,6-7,9-10H2,1H3,(H2,17,18,19);1H. The van der Waals surface area contributed by atoms with Crippen molar-refractivity contribution < 1.29 is 5.11 Å². The third-order valence-corrected chi connectivity index (χ3v) is 4.93. The molecule has 0 aliphatic heterocycles. The van der Waals surface area contributed by atoms with Crippen LogP contribution < -0.4 is 10.6 Å². The summed E-state index contributed by atoms with van der Waals surface area (Å²) in [7, 11) is 1.76. The number of thiophene rings is 1. The third-order valence-electron chi connectivity index (χ3n) is 3.71. The second-order valence-corrected chi connectivity index (χ2v) is 6.60. The third kappa shape index (κ3) is 4.57. The van der Waals surface area contributed by atoms with E-state index in [4.69, 9.17) is 0 Å². The van der Waals surface area contributed by atoms with Crippen LogP contribution in [0, 0.1) is 5.92 Å². The molecule has 3 rings (SSSR count). The molecular weight excluding hydrogens is 409 g/mol. The van der Waals surface area contributed by atoms with E-state index in [1.165, 1.54) is 22.9 Å². The summed E-state index contributed by atoms with van der Waals surface area (Å²) < 4.78 is 1.21. The van der Waals surface area contributed by atoms with E-state index < -0.39 is 6.10 Å². The maximum absolute atomic E-state index is 10.3. The smallest absolute Gasteiger partial charge is 0.191 e. The summed E-state index contributed by atoms with van der Waals surface area (Å²) in [4.78, 5) is 5.17. The lowest BCUT2D eigenvalue weighted by Gasteiger charge is -2.14. The Balaban J connectivity index is 0.00000176. The topological polar surface area (TPSA) is 56.7 Å². The molecular formula is C16H22IN3OS. The Morgan fingerprint density at radius 1 is 1.36 bits per heavy atom. The molecule has 1 aliphatic rings. The number of benzene rings is 1. The first kappa shape index (κ1) is 17.5. The number of nitrogens with one attached hydrogen (secondary N) is 2. The number of aliphatic hydroxyl groups is 1. The van der Waals surface area contributed by atoms with Gasteiger partial charge < -0.3 is 15.7 Å². The molecule has 3 N–H and O–H groups in total. The summed E-state index contributed by atoms with van der Waals surface area (Å²) in [5, 5.41) is 18.0. The van der Waals surface area contributed by atoms with Crippen molar-refractivity contribution in [1.82, 2.24) is 10.6 Å². The molecule has 1 heterocycles. The van der Waals surface area contributed by atoms with Gasteiger partial charge in [0.1, 0.15) is 6.10 Å². The van der Waals surface area contributed by atoms with Gasteiger partial charge in [0.2, 0.25) is 0 Å². The zero-order valence-corrected chi connectivity index (χ0v) is 15.7. The average Bonchev–Trinajstić information content (AvgIpc) is 3.23. The number of aliphatic imine (C=N–C) groups is 1. The van der Waals surface area contributed by atoms with Crippen LogP contribution in [0.3, 0.4) is 0 Å². The van der Waals surface area contributed by atoms with Crippen molar-refractivity contribution in [3.05, 3.63) is 35.2 Å².